The monoisotopic (exact) mass is 320 g/mol. The number of benzene rings is 2. The number of hydrogen-bond donors (Lipinski definition) is 2. The van der Waals surface area contributed by atoms with Gasteiger partial charge in [0.15, 0.2) is 0 Å². The van der Waals surface area contributed by atoms with Crippen LogP contribution in [0, 0.1) is 0 Å². The summed E-state index contributed by atoms with van der Waals surface area (Å²) in [5, 5.41) is 6.23. The molecule has 2 N–H and O–H groups in total. The van der Waals surface area contributed by atoms with Crippen LogP contribution >= 0.6 is 0 Å². The molecule has 0 fully saturated rings. The highest BCUT2D eigenvalue weighted by atomic mass is 16.5. The Hall–Kier alpha value is -3.41. The topological polar surface area (TPSA) is 83.7 Å². The van der Waals surface area contributed by atoms with Crippen molar-refractivity contribution in [1.82, 2.24) is 20.2 Å². The van der Waals surface area contributed by atoms with Crippen molar-refractivity contribution < 1.29 is 9.53 Å². The molecule has 0 aliphatic heterocycles. The Balaban J connectivity index is 0.000000159. The van der Waals surface area contributed by atoms with Crippen molar-refractivity contribution in [1.29, 1.82) is 0 Å². The molecule has 0 amide bonds. The zero-order valence-corrected chi connectivity index (χ0v) is 12.8. The fourth-order valence-electron chi connectivity index (χ4n) is 2.05. The molecule has 0 aliphatic carbocycles. The fourth-order valence-corrected chi connectivity index (χ4v) is 2.05. The minimum absolute atomic E-state index is 0.283. The number of carbonyl (C=O) groups is 1. The maximum atomic E-state index is 11.4. The molecule has 0 unspecified atom stereocenters. The van der Waals surface area contributed by atoms with Gasteiger partial charge in [0.2, 0.25) is 0 Å². The Morgan fingerprint density at radius 3 is 2.58 bits per heavy atom. The molecule has 0 spiro atoms. The molecule has 6 heteroatoms. The summed E-state index contributed by atoms with van der Waals surface area (Å²) >= 11 is 0. The first-order chi connectivity index (χ1) is 11.8. The van der Waals surface area contributed by atoms with Crippen molar-refractivity contribution in [3.05, 3.63) is 84.4 Å². The van der Waals surface area contributed by atoms with E-state index in [1.54, 1.807) is 6.33 Å². The fraction of sp³-hybridized carbons (Fsp3) is 0.0556. The van der Waals surface area contributed by atoms with Crippen LogP contribution in [0.15, 0.2) is 73.3 Å². The Morgan fingerprint density at radius 1 is 1.04 bits per heavy atom. The van der Waals surface area contributed by atoms with Gasteiger partial charge in [-0.05, 0) is 17.7 Å². The molecule has 6 nitrogen and oxygen atoms in total. The van der Waals surface area contributed by atoms with Gasteiger partial charge in [0.25, 0.3) is 0 Å². The predicted octanol–water partition coefficient (Wildman–Crippen LogP) is 3.33. The first kappa shape index (κ1) is 15.5. The first-order valence-corrected chi connectivity index (χ1v) is 7.41. The van der Waals surface area contributed by atoms with E-state index in [1.807, 2.05) is 54.6 Å². The SMILES string of the molecule is O=C(OCc1ccccc1)c1cn[nH]c1.c1ccc2[nH]cnc2c1. The zero-order chi connectivity index (χ0) is 16.6. The number of esters is 1. The predicted molar refractivity (Wildman–Crippen MR) is 90.2 cm³/mol. The van der Waals surface area contributed by atoms with Gasteiger partial charge in [0, 0.05) is 6.20 Å². The Bertz CT molecular complexity index is 855. The summed E-state index contributed by atoms with van der Waals surface area (Å²) < 4.78 is 5.07. The summed E-state index contributed by atoms with van der Waals surface area (Å²) in [6.07, 6.45) is 4.64. The number of rotatable bonds is 3. The van der Waals surface area contributed by atoms with Crippen LogP contribution < -0.4 is 0 Å². The van der Waals surface area contributed by atoms with Crippen molar-refractivity contribution in [2.45, 2.75) is 6.61 Å². The molecule has 0 saturated carbocycles. The van der Waals surface area contributed by atoms with Gasteiger partial charge >= 0.3 is 5.97 Å². The van der Waals surface area contributed by atoms with Gasteiger partial charge in [-0.15, -0.1) is 0 Å². The van der Waals surface area contributed by atoms with E-state index in [0.717, 1.165) is 16.6 Å². The highest BCUT2D eigenvalue weighted by molar-refractivity contribution is 5.88. The lowest BCUT2D eigenvalue weighted by atomic mass is 10.2. The first-order valence-electron chi connectivity index (χ1n) is 7.41. The number of aromatic amines is 2. The van der Waals surface area contributed by atoms with Crippen LogP contribution in [-0.4, -0.2) is 26.1 Å². The minimum atomic E-state index is -0.368. The van der Waals surface area contributed by atoms with Crippen LogP contribution in [-0.2, 0) is 11.3 Å². The molecular formula is C18H16N4O2. The van der Waals surface area contributed by atoms with Gasteiger partial charge in [-0.2, -0.15) is 5.10 Å². The average Bonchev–Trinajstić information content (AvgIpc) is 3.32. The molecule has 0 aliphatic rings. The lowest BCUT2D eigenvalue weighted by Gasteiger charge is -2.02. The van der Waals surface area contributed by atoms with E-state index in [-0.39, 0.29) is 12.6 Å². The standard InChI is InChI=1S/C11H10N2O2.C7H6N2/c14-11(10-6-12-13-7-10)15-8-9-4-2-1-3-5-9;1-2-4-7-6(3-1)8-5-9-7/h1-7H,8H2,(H,12,13);1-5H,(H,8,9). The van der Waals surface area contributed by atoms with E-state index in [0.29, 0.717) is 5.56 Å². The maximum Gasteiger partial charge on any atom is 0.341 e. The van der Waals surface area contributed by atoms with Crippen molar-refractivity contribution in [2.75, 3.05) is 0 Å². The molecule has 2 heterocycles. The number of fused-ring (bicyclic) bond motifs is 1. The normalized spacial score (nSPS) is 10.0. The van der Waals surface area contributed by atoms with Crippen LogP contribution in [0.5, 0.6) is 0 Å². The third-order valence-electron chi connectivity index (χ3n) is 3.27. The number of ether oxygens (including phenoxy) is 1. The number of para-hydroxylation sites is 2. The zero-order valence-electron chi connectivity index (χ0n) is 12.8. The van der Waals surface area contributed by atoms with Crippen molar-refractivity contribution in [3.63, 3.8) is 0 Å². The molecule has 2 aromatic heterocycles. The molecule has 24 heavy (non-hydrogen) atoms. The number of nitrogens with one attached hydrogen (secondary N) is 2. The molecule has 0 radical (unpaired) electrons. The highest BCUT2D eigenvalue weighted by Crippen LogP contribution is 2.05. The molecule has 4 rings (SSSR count). The maximum absolute atomic E-state index is 11.4. The molecule has 0 saturated heterocycles. The second-order valence-electron chi connectivity index (χ2n) is 4.97. The van der Waals surface area contributed by atoms with E-state index in [9.17, 15) is 4.79 Å². The number of imidazole rings is 1. The average molecular weight is 320 g/mol. The van der Waals surface area contributed by atoms with Gasteiger partial charge in [-0.1, -0.05) is 42.5 Å². The van der Waals surface area contributed by atoms with E-state index >= 15 is 0 Å². The van der Waals surface area contributed by atoms with Gasteiger partial charge in [-0.3, -0.25) is 5.10 Å². The third kappa shape index (κ3) is 4.07. The van der Waals surface area contributed by atoms with Gasteiger partial charge in [0.1, 0.15) is 6.61 Å². The summed E-state index contributed by atoms with van der Waals surface area (Å²) in [6.45, 7) is 0.283. The van der Waals surface area contributed by atoms with Crippen LogP contribution in [0.1, 0.15) is 15.9 Å². The highest BCUT2D eigenvalue weighted by Gasteiger charge is 2.07. The smallest absolute Gasteiger partial charge is 0.341 e. The van der Waals surface area contributed by atoms with E-state index < -0.39 is 0 Å². The van der Waals surface area contributed by atoms with Crippen LogP contribution in [0.4, 0.5) is 0 Å². The number of carbonyl (C=O) groups excluding carboxylic acids is 1. The van der Waals surface area contributed by atoms with Gasteiger partial charge in [0.05, 0.1) is 29.1 Å². The van der Waals surface area contributed by atoms with Crippen LogP contribution in [0.25, 0.3) is 11.0 Å². The summed E-state index contributed by atoms with van der Waals surface area (Å²) in [6, 6.07) is 17.5. The number of H-pyrrole nitrogens is 2. The van der Waals surface area contributed by atoms with Crippen molar-refractivity contribution in [3.8, 4) is 0 Å². The lowest BCUT2D eigenvalue weighted by molar-refractivity contribution is 0.0473. The summed E-state index contributed by atoms with van der Waals surface area (Å²) in [5.74, 6) is -0.368. The number of nitrogens with zero attached hydrogens (tertiary/aromatic N) is 2. The largest absolute Gasteiger partial charge is 0.457 e. The van der Waals surface area contributed by atoms with Crippen molar-refractivity contribution >= 4 is 17.0 Å². The second-order valence-corrected chi connectivity index (χ2v) is 4.97. The van der Waals surface area contributed by atoms with Crippen LogP contribution in [0.2, 0.25) is 0 Å². The van der Waals surface area contributed by atoms with Gasteiger partial charge < -0.3 is 9.72 Å². The number of hydrogen-bond acceptors (Lipinski definition) is 4. The Labute approximate surface area is 138 Å². The molecule has 0 bridgehead atoms. The van der Waals surface area contributed by atoms with Gasteiger partial charge in [-0.25, -0.2) is 9.78 Å². The quantitative estimate of drug-likeness (QED) is 0.567. The Morgan fingerprint density at radius 2 is 1.83 bits per heavy atom. The number of aromatic nitrogens is 4. The molecule has 4 aromatic rings. The summed E-state index contributed by atoms with van der Waals surface area (Å²) in [5.41, 5.74) is 3.52. The van der Waals surface area contributed by atoms with Crippen LogP contribution in [0.3, 0.4) is 0 Å². The third-order valence-corrected chi connectivity index (χ3v) is 3.27. The minimum Gasteiger partial charge on any atom is -0.457 e. The summed E-state index contributed by atoms with van der Waals surface area (Å²) in [4.78, 5) is 18.5. The molecule has 0 atom stereocenters. The molecule has 120 valence electrons. The summed E-state index contributed by atoms with van der Waals surface area (Å²) in [7, 11) is 0. The molecular weight excluding hydrogens is 304 g/mol. The second kappa shape index (κ2) is 7.73. The Kier molecular flexibility index (Phi) is 4.99. The van der Waals surface area contributed by atoms with Crippen molar-refractivity contribution in [2.24, 2.45) is 0 Å². The lowest BCUT2D eigenvalue weighted by Crippen LogP contribution is -2.03. The molecule has 2 aromatic carbocycles. The van der Waals surface area contributed by atoms with E-state index in [1.165, 1.54) is 12.4 Å². The van der Waals surface area contributed by atoms with E-state index in [4.69, 9.17) is 4.74 Å². The van der Waals surface area contributed by atoms with E-state index in [2.05, 4.69) is 20.2 Å².